The van der Waals surface area contributed by atoms with Crippen molar-refractivity contribution in [1.82, 2.24) is 0 Å². The van der Waals surface area contributed by atoms with E-state index in [1.165, 1.54) is 43.8 Å². The Hall–Kier alpha value is -6.62. The van der Waals surface area contributed by atoms with Gasteiger partial charge in [-0.1, -0.05) is 60.7 Å². The Morgan fingerprint density at radius 1 is 0.480 bits per heavy atom. The summed E-state index contributed by atoms with van der Waals surface area (Å²) in [5.41, 5.74) is 12.3. The van der Waals surface area contributed by atoms with Crippen LogP contribution in [0.2, 0.25) is 0 Å². The van der Waals surface area contributed by atoms with Crippen LogP contribution < -0.4 is 9.80 Å². The summed E-state index contributed by atoms with van der Waals surface area (Å²) in [6.45, 7) is 16.1. The van der Waals surface area contributed by atoms with Gasteiger partial charge < -0.3 is 9.80 Å². The molecule has 4 heteroatoms. The molecule has 0 atom stereocenters. The molecule has 0 aliphatic carbocycles. The van der Waals surface area contributed by atoms with Gasteiger partial charge in [0.05, 0.1) is 29.6 Å². The van der Waals surface area contributed by atoms with Crippen molar-refractivity contribution in [2.24, 2.45) is 0 Å². The molecule has 0 heterocycles. The second-order valence-corrected chi connectivity index (χ2v) is 13.2. The van der Waals surface area contributed by atoms with E-state index in [1.54, 1.807) is 0 Å². The van der Waals surface area contributed by atoms with Crippen LogP contribution in [0.4, 0.5) is 39.8 Å². The summed E-state index contributed by atoms with van der Waals surface area (Å²) < 4.78 is 0. The van der Waals surface area contributed by atoms with Gasteiger partial charge in [-0.05, 0) is 144 Å². The minimum Gasteiger partial charge on any atom is -0.310 e. The SMILES string of the molecule is [C-]#[N+]c1ccc(N(c2cc(C)cc(C)c2)c2ccc3ccc4c(N(c5ccc(C#N)cc5)c5cc(C)cc(C)c5)ccc5ccc2c3c54)cc1. The molecule has 8 aromatic carbocycles. The van der Waals surface area contributed by atoms with Gasteiger partial charge in [-0.3, -0.25) is 0 Å². The Morgan fingerprint density at radius 2 is 0.880 bits per heavy atom. The van der Waals surface area contributed by atoms with Crippen molar-refractivity contribution in [2.75, 3.05) is 9.80 Å². The number of aryl methyl sites for hydroxylation is 4. The number of hydrogen-bond acceptors (Lipinski definition) is 3. The highest BCUT2D eigenvalue weighted by Crippen LogP contribution is 2.47. The summed E-state index contributed by atoms with van der Waals surface area (Å²) in [6, 6.07) is 49.2. The smallest absolute Gasteiger partial charge is 0.187 e. The molecule has 8 rings (SSSR count). The van der Waals surface area contributed by atoms with Gasteiger partial charge >= 0.3 is 0 Å². The molecule has 0 aliphatic rings. The highest BCUT2D eigenvalue weighted by atomic mass is 15.1. The first-order valence-corrected chi connectivity index (χ1v) is 16.8. The normalized spacial score (nSPS) is 11.2. The van der Waals surface area contributed by atoms with Gasteiger partial charge in [-0.15, -0.1) is 0 Å². The molecule has 0 amide bonds. The topological polar surface area (TPSA) is 34.6 Å². The van der Waals surface area contributed by atoms with Crippen LogP contribution in [0.15, 0.2) is 133 Å². The molecule has 0 spiro atoms. The number of anilines is 6. The van der Waals surface area contributed by atoms with Crippen LogP contribution in [-0.4, -0.2) is 0 Å². The molecule has 0 saturated heterocycles. The van der Waals surface area contributed by atoms with E-state index in [4.69, 9.17) is 6.57 Å². The molecule has 0 bridgehead atoms. The number of nitrogens with zero attached hydrogens (tertiary/aromatic N) is 4. The van der Waals surface area contributed by atoms with Crippen molar-refractivity contribution < 1.29 is 0 Å². The average Bonchev–Trinajstić information content (AvgIpc) is 3.11. The maximum Gasteiger partial charge on any atom is 0.187 e. The molecule has 8 aromatic rings. The summed E-state index contributed by atoms with van der Waals surface area (Å²) in [7, 11) is 0. The first-order chi connectivity index (χ1) is 24.3. The third-order valence-electron chi connectivity index (χ3n) is 9.52. The first kappa shape index (κ1) is 30.7. The maximum atomic E-state index is 9.55. The molecular formula is C46H34N4. The lowest BCUT2D eigenvalue weighted by Gasteiger charge is -2.30. The summed E-state index contributed by atoms with van der Waals surface area (Å²) in [4.78, 5) is 8.28. The van der Waals surface area contributed by atoms with Crippen LogP contribution in [-0.2, 0) is 0 Å². The summed E-state index contributed by atoms with van der Waals surface area (Å²) in [6.07, 6.45) is 0. The second kappa shape index (κ2) is 12.1. The zero-order valence-corrected chi connectivity index (χ0v) is 28.5. The molecular weight excluding hydrogens is 609 g/mol. The predicted molar refractivity (Wildman–Crippen MR) is 209 cm³/mol. The molecule has 0 radical (unpaired) electrons. The summed E-state index contributed by atoms with van der Waals surface area (Å²) in [5.74, 6) is 0. The van der Waals surface area contributed by atoms with Gasteiger partial charge in [-0.25, -0.2) is 4.85 Å². The van der Waals surface area contributed by atoms with Gasteiger partial charge in [0.1, 0.15) is 0 Å². The molecule has 0 N–H and O–H groups in total. The van der Waals surface area contributed by atoms with E-state index in [9.17, 15) is 5.26 Å². The highest BCUT2D eigenvalue weighted by Gasteiger charge is 2.22. The van der Waals surface area contributed by atoms with Gasteiger partial charge in [0.2, 0.25) is 0 Å². The fourth-order valence-electron chi connectivity index (χ4n) is 7.54. The lowest BCUT2D eigenvalue weighted by atomic mass is 9.91. The van der Waals surface area contributed by atoms with Gasteiger partial charge in [0.25, 0.3) is 0 Å². The van der Waals surface area contributed by atoms with Crippen molar-refractivity contribution in [1.29, 1.82) is 5.26 Å². The van der Waals surface area contributed by atoms with Crippen molar-refractivity contribution in [3.8, 4) is 6.07 Å². The third-order valence-corrected chi connectivity index (χ3v) is 9.52. The van der Waals surface area contributed by atoms with Crippen LogP contribution in [0, 0.1) is 45.6 Å². The molecule has 238 valence electrons. The van der Waals surface area contributed by atoms with E-state index in [1.807, 2.05) is 48.5 Å². The Balaban J connectivity index is 1.41. The third kappa shape index (κ3) is 5.25. The second-order valence-electron chi connectivity index (χ2n) is 13.2. The average molecular weight is 643 g/mol. The molecule has 4 nitrogen and oxygen atoms in total. The van der Waals surface area contributed by atoms with E-state index >= 15 is 0 Å². The van der Waals surface area contributed by atoms with Crippen molar-refractivity contribution >= 4 is 72.1 Å². The van der Waals surface area contributed by atoms with Crippen LogP contribution >= 0.6 is 0 Å². The number of nitriles is 1. The molecule has 0 unspecified atom stereocenters. The Kier molecular flexibility index (Phi) is 7.44. The Bertz CT molecular complexity index is 2430. The lowest BCUT2D eigenvalue weighted by Crippen LogP contribution is -2.12. The minimum atomic E-state index is 0.618. The molecule has 50 heavy (non-hydrogen) atoms. The van der Waals surface area contributed by atoms with E-state index in [2.05, 4.69) is 133 Å². The number of rotatable bonds is 6. The monoisotopic (exact) mass is 642 g/mol. The Labute approximate surface area is 292 Å². The van der Waals surface area contributed by atoms with Crippen molar-refractivity contribution in [3.63, 3.8) is 0 Å². The number of benzene rings is 8. The molecule has 0 aromatic heterocycles. The fraction of sp³-hybridized carbons (Fsp3) is 0.0870. The van der Waals surface area contributed by atoms with E-state index < -0.39 is 0 Å². The van der Waals surface area contributed by atoms with Gasteiger partial charge in [-0.2, -0.15) is 5.26 Å². The highest BCUT2D eigenvalue weighted by molar-refractivity contribution is 6.28. The van der Waals surface area contributed by atoms with E-state index in [0.717, 1.165) is 44.9 Å². The summed E-state index contributed by atoms with van der Waals surface area (Å²) in [5, 5.41) is 16.6. The van der Waals surface area contributed by atoms with Gasteiger partial charge in [0.15, 0.2) is 5.69 Å². The fourth-order valence-corrected chi connectivity index (χ4v) is 7.54. The zero-order chi connectivity index (χ0) is 34.5. The van der Waals surface area contributed by atoms with E-state index in [0.29, 0.717) is 11.3 Å². The largest absolute Gasteiger partial charge is 0.310 e. The van der Waals surface area contributed by atoms with Crippen LogP contribution in [0.1, 0.15) is 27.8 Å². The lowest BCUT2D eigenvalue weighted by molar-refractivity contribution is 1.26. The minimum absolute atomic E-state index is 0.618. The number of hydrogen-bond donors (Lipinski definition) is 0. The van der Waals surface area contributed by atoms with Crippen LogP contribution in [0.5, 0.6) is 0 Å². The standard InChI is InChI=1S/C46H34N4/c1-29-22-30(2)25-39(24-29)49(37-14-6-33(28-47)7-15-37)43-20-10-34-9-19-42-44(21-11-35-8-18-41(43)45(34)46(35)42)50(38-16-12-36(48-5)13-17-38)40-26-31(3)23-32(4)27-40/h6-27H,1-4H3. The van der Waals surface area contributed by atoms with Crippen molar-refractivity contribution in [3.05, 3.63) is 173 Å². The van der Waals surface area contributed by atoms with Gasteiger partial charge in [0, 0.05) is 33.5 Å². The van der Waals surface area contributed by atoms with Crippen LogP contribution in [0.3, 0.4) is 0 Å². The maximum absolute atomic E-state index is 9.55. The van der Waals surface area contributed by atoms with Crippen molar-refractivity contribution in [2.45, 2.75) is 27.7 Å². The van der Waals surface area contributed by atoms with E-state index in [-0.39, 0.29) is 0 Å². The Morgan fingerprint density at radius 3 is 1.28 bits per heavy atom. The molecule has 0 aliphatic heterocycles. The quantitative estimate of drug-likeness (QED) is 0.134. The molecule has 0 saturated carbocycles. The van der Waals surface area contributed by atoms with Crippen LogP contribution in [0.25, 0.3) is 37.2 Å². The predicted octanol–water partition coefficient (Wildman–Crippen LogP) is 13.2. The summed E-state index contributed by atoms with van der Waals surface area (Å²) >= 11 is 0. The zero-order valence-electron chi connectivity index (χ0n) is 28.5. The first-order valence-electron chi connectivity index (χ1n) is 16.8. The molecule has 0 fully saturated rings.